The minimum absolute atomic E-state index is 0.0373. The molecule has 0 spiro atoms. The minimum Gasteiger partial charge on any atom is -0.388 e. The molecular weight excluding hydrogens is 682 g/mol. The molecule has 0 saturated heterocycles. The Morgan fingerprint density at radius 3 is 1.74 bits per heavy atom. The number of rotatable bonds is 12. The molecule has 4 aromatic heterocycles. The second-order valence-corrected chi connectivity index (χ2v) is 11.8. The van der Waals surface area contributed by atoms with E-state index >= 15 is 0 Å². The second-order valence-electron chi connectivity index (χ2n) is 9.97. The average Bonchev–Trinajstić information content (AvgIpc) is 3.75. The Labute approximate surface area is 274 Å². The van der Waals surface area contributed by atoms with Gasteiger partial charge in [0.15, 0.2) is 5.13 Å². The molecule has 16 nitrogen and oxygen atoms in total. The van der Waals surface area contributed by atoms with Crippen molar-refractivity contribution in [3.8, 4) is 0 Å². The highest BCUT2D eigenvalue weighted by atomic mass is 79.9. The van der Waals surface area contributed by atoms with Crippen LogP contribution in [0.4, 0.5) is 22.2 Å². The van der Waals surface area contributed by atoms with Crippen molar-refractivity contribution in [2.24, 2.45) is 26.9 Å². The molecule has 0 fully saturated rings. The van der Waals surface area contributed by atoms with Gasteiger partial charge in [-0.05, 0) is 34.1 Å². The smallest absolute Gasteiger partial charge is 0.275 e. The number of thiazole rings is 1. The number of amides is 5. The van der Waals surface area contributed by atoms with Crippen LogP contribution in [0.15, 0.2) is 53.2 Å². The molecule has 0 aliphatic heterocycles. The van der Waals surface area contributed by atoms with Crippen molar-refractivity contribution in [2.45, 2.75) is 6.42 Å². The predicted molar refractivity (Wildman–Crippen MR) is 178 cm³/mol. The largest absolute Gasteiger partial charge is 0.388 e. The van der Waals surface area contributed by atoms with Gasteiger partial charge >= 0.3 is 0 Å². The Bertz CT molecular complexity index is 1880. The van der Waals surface area contributed by atoms with Crippen molar-refractivity contribution >= 4 is 84.8 Å². The van der Waals surface area contributed by atoms with Gasteiger partial charge in [-0.25, -0.2) is 4.98 Å². The van der Waals surface area contributed by atoms with Crippen LogP contribution in [0.25, 0.3) is 0 Å². The summed E-state index contributed by atoms with van der Waals surface area (Å²) in [5.74, 6) is -2.40. The molecule has 18 heteroatoms. The van der Waals surface area contributed by atoms with Crippen molar-refractivity contribution in [3.63, 3.8) is 0 Å². The summed E-state index contributed by atoms with van der Waals surface area (Å²) in [6, 6.07) is 4.50. The van der Waals surface area contributed by atoms with Gasteiger partial charge in [0.2, 0.25) is 0 Å². The summed E-state index contributed by atoms with van der Waals surface area (Å²) in [6.07, 6.45) is 4.93. The molecule has 0 aliphatic rings. The van der Waals surface area contributed by atoms with Crippen molar-refractivity contribution in [3.05, 3.63) is 76.0 Å². The Morgan fingerprint density at radius 2 is 1.28 bits per heavy atom. The summed E-state index contributed by atoms with van der Waals surface area (Å²) < 4.78 is 4.74. The molecule has 46 heavy (non-hydrogen) atoms. The predicted octanol–water partition coefficient (Wildman–Crippen LogP) is 2.82. The number of anilines is 4. The summed E-state index contributed by atoms with van der Waals surface area (Å²) in [4.78, 5) is 67.1. The van der Waals surface area contributed by atoms with E-state index in [9.17, 15) is 24.0 Å². The third kappa shape index (κ3) is 8.16. The molecule has 5 amide bonds. The number of hydrogen-bond acceptors (Lipinski definition) is 8. The number of halogens is 1. The number of nitrogens with zero attached hydrogens (tertiary/aromatic N) is 4. The Balaban J connectivity index is 1.37. The van der Waals surface area contributed by atoms with Crippen LogP contribution in [0.1, 0.15) is 48.4 Å². The fraction of sp³-hybridized carbons (Fsp3) is 0.179. The van der Waals surface area contributed by atoms with E-state index in [1.165, 1.54) is 32.7 Å². The number of carbonyl (C=O) groups excluding carboxylic acids is 5. The molecule has 0 atom stereocenters. The summed E-state index contributed by atoms with van der Waals surface area (Å²) in [7, 11) is 4.94. The van der Waals surface area contributed by atoms with Crippen molar-refractivity contribution in [1.29, 1.82) is 5.41 Å². The third-order valence-electron chi connectivity index (χ3n) is 6.37. The number of nitrogens with one attached hydrogen (secondary N) is 6. The topological polar surface area (TPSA) is 223 Å². The van der Waals surface area contributed by atoms with E-state index in [0.29, 0.717) is 22.8 Å². The van der Waals surface area contributed by atoms with Crippen LogP contribution in [0.3, 0.4) is 0 Å². The highest BCUT2D eigenvalue weighted by molar-refractivity contribution is 9.12. The molecule has 0 unspecified atom stereocenters. The molecular formula is C28H30BrN11O5S. The van der Waals surface area contributed by atoms with Gasteiger partial charge in [0.25, 0.3) is 29.5 Å². The van der Waals surface area contributed by atoms with Crippen LogP contribution in [0.5, 0.6) is 0 Å². The molecule has 240 valence electrons. The van der Waals surface area contributed by atoms with E-state index in [1.54, 1.807) is 44.3 Å². The van der Waals surface area contributed by atoms with E-state index in [4.69, 9.17) is 11.1 Å². The van der Waals surface area contributed by atoms with Crippen LogP contribution in [-0.4, -0.2) is 60.6 Å². The van der Waals surface area contributed by atoms with Crippen LogP contribution in [-0.2, 0) is 25.9 Å². The first kappa shape index (κ1) is 33.4. The third-order valence-corrected chi connectivity index (χ3v) is 7.49. The lowest BCUT2D eigenvalue weighted by Crippen LogP contribution is -2.28. The van der Waals surface area contributed by atoms with Crippen LogP contribution in [0.2, 0.25) is 0 Å². The van der Waals surface area contributed by atoms with Crippen molar-refractivity contribution < 1.29 is 24.0 Å². The maximum Gasteiger partial charge on any atom is 0.275 e. The number of carbonyl (C=O) groups is 5. The minimum atomic E-state index is -0.537. The number of hydrogen-bond donors (Lipinski definition) is 7. The van der Waals surface area contributed by atoms with E-state index < -0.39 is 23.6 Å². The molecule has 0 aromatic carbocycles. The zero-order chi connectivity index (χ0) is 33.7. The zero-order valence-corrected chi connectivity index (χ0v) is 27.3. The average molecular weight is 713 g/mol. The molecule has 4 aromatic rings. The van der Waals surface area contributed by atoms with Crippen LogP contribution in [0, 0.1) is 5.41 Å². The normalized spacial score (nSPS) is 10.6. The fourth-order valence-electron chi connectivity index (χ4n) is 4.16. The molecule has 4 rings (SSSR count). The van der Waals surface area contributed by atoms with Crippen molar-refractivity contribution in [2.75, 3.05) is 27.8 Å². The van der Waals surface area contributed by atoms with Gasteiger partial charge in [-0.3, -0.25) is 34.7 Å². The van der Waals surface area contributed by atoms with Gasteiger partial charge < -0.3 is 40.7 Å². The first-order valence-corrected chi connectivity index (χ1v) is 15.0. The summed E-state index contributed by atoms with van der Waals surface area (Å²) in [5.41, 5.74) is 7.24. The zero-order valence-electron chi connectivity index (χ0n) is 24.9. The van der Waals surface area contributed by atoms with Crippen LogP contribution < -0.4 is 32.3 Å². The number of aryl methyl sites for hydroxylation is 3. The van der Waals surface area contributed by atoms with E-state index in [1.807, 2.05) is 0 Å². The molecule has 4 heterocycles. The first-order valence-electron chi connectivity index (χ1n) is 13.4. The monoisotopic (exact) mass is 711 g/mol. The summed E-state index contributed by atoms with van der Waals surface area (Å²) >= 11 is 4.04. The lowest BCUT2D eigenvalue weighted by molar-refractivity contribution is -0.112. The number of aromatic nitrogens is 4. The van der Waals surface area contributed by atoms with Gasteiger partial charge in [0.1, 0.15) is 22.8 Å². The van der Waals surface area contributed by atoms with Gasteiger partial charge in [0.05, 0.1) is 27.4 Å². The van der Waals surface area contributed by atoms with Gasteiger partial charge in [-0.2, -0.15) is 0 Å². The van der Waals surface area contributed by atoms with Gasteiger partial charge in [0, 0.05) is 58.1 Å². The lowest BCUT2D eigenvalue weighted by atomic mass is 10.3. The Hall–Kier alpha value is -5.49. The number of nitrogens with two attached hydrogens (primary N) is 1. The van der Waals surface area contributed by atoms with Gasteiger partial charge in [-0.1, -0.05) is 6.58 Å². The maximum absolute atomic E-state index is 13.1. The fourth-order valence-corrected chi connectivity index (χ4v) is 4.95. The first-order chi connectivity index (χ1) is 21.7. The lowest BCUT2D eigenvalue weighted by Gasteiger charge is -2.04. The van der Waals surface area contributed by atoms with E-state index in [0.717, 1.165) is 11.3 Å². The molecule has 8 N–H and O–H groups in total. The van der Waals surface area contributed by atoms with E-state index in [-0.39, 0.29) is 51.4 Å². The molecule has 0 bridgehead atoms. The molecule has 0 radical (unpaired) electrons. The molecule has 0 aliphatic carbocycles. The summed E-state index contributed by atoms with van der Waals surface area (Å²) in [5, 5.41) is 22.3. The molecule has 0 saturated carbocycles. The standard InChI is InChI=1S/C28H30BrN11O5S/c1-14(29)23(41)37-28-36-18(13-46-28)24(42)33-15-8-20(39(3)10-15)26(44)35-17-9-21(40(4)12-17)27(45)34-16-7-19(38(2)11-16)25(43)32-6-5-22(30)31/h7-13H,1,5-6H2,2-4H3,(H3,30,31)(H,32,43)(H,33,42)(H,34,45)(H,35,44)(H,36,37,41). The Morgan fingerprint density at radius 1 is 0.826 bits per heavy atom. The second kappa shape index (κ2) is 14.1. The SMILES string of the molecule is C=C(Br)C(=O)Nc1nc(C(=O)Nc2cc(C(=O)Nc3cc(C(=O)Nc4cc(C(=O)NCCC(=N)N)n(C)c4)n(C)c3)n(C)c2)cs1. The van der Waals surface area contributed by atoms with Gasteiger partial charge in [-0.15, -0.1) is 11.3 Å². The number of amidine groups is 1. The maximum atomic E-state index is 13.1. The summed E-state index contributed by atoms with van der Waals surface area (Å²) in [6.45, 7) is 3.69. The quantitative estimate of drug-likeness (QED) is 0.0660. The van der Waals surface area contributed by atoms with Crippen LogP contribution >= 0.6 is 27.3 Å². The van der Waals surface area contributed by atoms with E-state index in [2.05, 4.69) is 54.1 Å². The highest BCUT2D eigenvalue weighted by Gasteiger charge is 2.20. The highest BCUT2D eigenvalue weighted by Crippen LogP contribution is 2.21. The van der Waals surface area contributed by atoms with Crippen molar-refractivity contribution in [1.82, 2.24) is 24.0 Å². The Kier molecular flexibility index (Phi) is 10.2.